The van der Waals surface area contributed by atoms with Gasteiger partial charge >= 0.3 is 0 Å². The number of aliphatic hydroxyl groups excluding tert-OH is 1. The number of hydrogen-bond acceptors (Lipinski definition) is 4. The number of ether oxygens (including phenoxy) is 1. The Morgan fingerprint density at radius 2 is 2.33 bits per heavy atom. The van der Waals surface area contributed by atoms with Crippen LogP contribution in [0.5, 0.6) is 5.75 Å². The van der Waals surface area contributed by atoms with Crippen molar-refractivity contribution in [3.63, 3.8) is 0 Å². The third-order valence-electron chi connectivity index (χ3n) is 4.13. The molecular weight excluding hydrogens is 284 g/mol. The van der Waals surface area contributed by atoms with Crippen LogP contribution in [0.25, 0.3) is 0 Å². The summed E-state index contributed by atoms with van der Waals surface area (Å²) in [6.45, 7) is 2.21. The van der Waals surface area contributed by atoms with E-state index in [0.29, 0.717) is 11.0 Å². The second-order valence-electron chi connectivity index (χ2n) is 5.52. The van der Waals surface area contributed by atoms with E-state index in [4.69, 9.17) is 27.8 Å². The Morgan fingerprint density at radius 1 is 1.52 bits per heavy atom. The first-order valence-corrected chi connectivity index (χ1v) is 7.88. The summed E-state index contributed by atoms with van der Waals surface area (Å²) in [5.41, 5.74) is 7.73. The fourth-order valence-corrected chi connectivity index (χ4v) is 3.16. The summed E-state index contributed by atoms with van der Waals surface area (Å²) in [6.07, 6.45) is 4.34. The minimum absolute atomic E-state index is 0.268. The van der Waals surface area contributed by atoms with Crippen molar-refractivity contribution in [3.8, 4) is 5.75 Å². The summed E-state index contributed by atoms with van der Waals surface area (Å²) >= 11 is 5.06. The highest BCUT2D eigenvalue weighted by Crippen LogP contribution is 2.27. The minimum atomic E-state index is 0.268. The zero-order chi connectivity index (χ0) is 15.2. The molecule has 116 valence electrons. The normalized spacial score (nSPS) is 18.9. The van der Waals surface area contributed by atoms with Gasteiger partial charge in [-0.3, -0.25) is 4.90 Å². The first-order chi connectivity index (χ1) is 10.2. The molecule has 1 unspecified atom stereocenters. The summed E-state index contributed by atoms with van der Waals surface area (Å²) in [7, 11) is 1.69. The van der Waals surface area contributed by atoms with Crippen LogP contribution in [-0.2, 0) is 6.54 Å². The molecule has 4 nitrogen and oxygen atoms in total. The van der Waals surface area contributed by atoms with Gasteiger partial charge in [0.15, 0.2) is 0 Å². The molecule has 0 saturated carbocycles. The number of aliphatic hydroxyl groups is 1. The summed E-state index contributed by atoms with van der Waals surface area (Å²) in [6, 6.07) is 6.42. The molecule has 3 N–H and O–H groups in total. The van der Waals surface area contributed by atoms with E-state index < -0.39 is 0 Å². The highest BCUT2D eigenvalue weighted by molar-refractivity contribution is 7.80. The Hall–Kier alpha value is -1.17. The van der Waals surface area contributed by atoms with Crippen molar-refractivity contribution in [2.24, 2.45) is 5.73 Å². The average molecular weight is 308 g/mol. The lowest BCUT2D eigenvalue weighted by molar-refractivity contribution is 0.208. The van der Waals surface area contributed by atoms with E-state index in [0.717, 1.165) is 42.8 Å². The molecule has 1 heterocycles. The van der Waals surface area contributed by atoms with E-state index in [2.05, 4.69) is 4.90 Å². The lowest BCUT2D eigenvalue weighted by Crippen LogP contribution is -2.29. The van der Waals surface area contributed by atoms with E-state index in [1.54, 1.807) is 7.11 Å². The molecule has 1 saturated heterocycles. The standard InChI is InChI=1S/C16H24N2O2S/c1-20-15-7-6-12(16(17)21)10-13(15)11-18-8-2-4-14(18)5-3-9-19/h6-7,10,14,19H,2-5,8-9,11H2,1H3,(H2,17,21). The first-order valence-electron chi connectivity index (χ1n) is 7.47. The smallest absolute Gasteiger partial charge is 0.123 e. The molecule has 0 aliphatic carbocycles. The fourth-order valence-electron chi connectivity index (χ4n) is 3.03. The van der Waals surface area contributed by atoms with Gasteiger partial charge in [-0.25, -0.2) is 0 Å². The van der Waals surface area contributed by atoms with E-state index in [1.807, 2.05) is 18.2 Å². The Kier molecular flexibility index (Phi) is 5.96. The molecule has 0 radical (unpaired) electrons. The quantitative estimate of drug-likeness (QED) is 0.755. The van der Waals surface area contributed by atoms with Gasteiger partial charge in [-0.2, -0.15) is 0 Å². The molecule has 1 atom stereocenters. The average Bonchev–Trinajstić information content (AvgIpc) is 2.92. The zero-order valence-corrected chi connectivity index (χ0v) is 13.4. The van der Waals surface area contributed by atoms with Crippen LogP contribution in [0.3, 0.4) is 0 Å². The van der Waals surface area contributed by atoms with Crippen molar-refractivity contribution >= 4 is 17.2 Å². The lowest BCUT2D eigenvalue weighted by atomic mass is 10.1. The molecule has 0 spiro atoms. The maximum absolute atomic E-state index is 9.02. The number of nitrogens with zero attached hydrogens (tertiary/aromatic N) is 1. The number of nitrogens with two attached hydrogens (primary N) is 1. The predicted molar refractivity (Wildman–Crippen MR) is 88.6 cm³/mol. The highest BCUT2D eigenvalue weighted by atomic mass is 32.1. The van der Waals surface area contributed by atoms with Gasteiger partial charge in [-0.05, 0) is 50.4 Å². The van der Waals surface area contributed by atoms with Crippen LogP contribution in [0.4, 0.5) is 0 Å². The van der Waals surface area contributed by atoms with Gasteiger partial charge in [0, 0.05) is 30.3 Å². The Bertz CT molecular complexity index is 493. The van der Waals surface area contributed by atoms with Crippen molar-refractivity contribution in [2.75, 3.05) is 20.3 Å². The maximum Gasteiger partial charge on any atom is 0.123 e. The lowest BCUT2D eigenvalue weighted by Gasteiger charge is -2.25. The number of methoxy groups -OCH3 is 1. The van der Waals surface area contributed by atoms with Crippen molar-refractivity contribution in [1.29, 1.82) is 0 Å². The molecular formula is C16H24N2O2S. The van der Waals surface area contributed by atoms with E-state index in [-0.39, 0.29) is 6.61 Å². The van der Waals surface area contributed by atoms with E-state index in [1.165, 1.54) is 12.8 Å². The van der Waals surface area contributed by atoms with Gasteiger partial charge in [-0.15, -0.1) is 0 Å². The molecule has 0 amide bonds. The van der Waals surface area contributed by atoms with Gasteiger partial charge < -0.3 is 15.6 Å². The third-order valence-corrected chi connectivity index (χ3v) is 4.37. The summed E-state index contributed by atoms with van der Waals surface area (Å²) < 4.78 is 5.46. The molecule has 1 fully saturated rings. The largest absolute Gasteiger partial charge is 0.496 e. The summed E-state index contributed by atoms with van der Waals surface area (Å²) in [5.74, 6) is 0.878. The van der Waals surface area contributed by atoms with Crippen LogP contribution in [0, 0.1) is 0 Å². The van der Waals surface area contributed by atoms with Crippen LogP contribution in [-0.4, -0.2) is 41.3 Å². The van der Waals surface area contributed by atoms with Crippen molar-refractivity contribution in [2.45, 2.75) is 38.3 Å². The topological polar surface area (TPSA) is 58.7 Å². The fraction of sp³-hybridized carbons (Fsp3) is 0.562. The van der Waals surface area contributed by atoms with Gasteiger partial charge in [0.1, 0.15) is 10.7 Å². The van der Waals surface area contributed by atoms with E-state index >= 15 is 0 Å². The molecule has 0 bridgehead atoms. The molecule has 5 heteroatoms. The van der Waals surface area contributed by atoms with Crippen LogP contribution < -0.4 is 10.5 Å². The van der Waals surface area contributed by atoms with Gasteiger partial charge in [-0.1, -0.05) is 12.2 Å². The van der Waals surface area contributed by atoms with Crippen LogP contribution >= 0.6 is 12.2 Å². The molecule has 1 aliphatic heterocycles. The molecule has 2 rings (SSSR count). The number of likely N-dealkylation sites (tertiary alicyclic amines) is 1. The van der Waals surface area contributed by atoms with E-state index in [9.17, 15) is 0 Å². The second kappa shape index (κ2) is 7.73. The monoisotopic (exact) mass is 308 g/mol. The Balaban J connectivity index is 2.13. The SMILES string of the molecule is COc1ccc(C(N)=S)cc1CN1CCCC1CCCO. The number of rotatable bonds is 7. The summed E-state index contributed by atoms with van der Waals surface area (Å²) in [4.78, 5) is 2.88. The van der Waals surface area contributed by atoms with Gasteiger partial charge in [0.25, 0.3) is 0 Å². The minimum Gasteiger partial charge on any atom is -0.496 e. The zero-order valence-electron chi connectivity index (χ0n) is 12.5. The van der Waals surface area contributed by atoms with Crippen molar-refractivity contribution in [3.05, 3.63) is 29.3 Å². The predicted octanol–water partition coefficient (Wildman–Crippen LogP) is 2.07. The number of hydrogen-bond donors (Lipinski definition) is 2. The Labute approximate surface area is 131 Å². The molecule has 0 aromatic heterocycles. The van der Waals surface area contributed by atoms with Gasteiger partial charge in [0.05, 0.1) is 7.11 Å². The first kappa shape index (κ1) is 16.2. The van der Waals surface area contributed by atoms with Crippen molar-refractivity contribution < 1.29 is 9.84 Å². The molecule has 1 aromatic carbocycles. The van der Waals surface area contributed by atoms with Crippen LogP contribution in [0.1, 0.15) is 36.8 Å². The number of thiocarbonyl (C=S) groups is 1. The number of benzene rings is 1. The van der Waals surface area contributed by atoms with Crippen LogP contribution in [0.15, 0.2) is 18.2 Å². The Morgan fingerprint density at radius 3 is 3.00 bits per heavy atom. The second-order valence-corrected chi connectivity index (χ2v) is 5.96. The highest BCUT2D eigenvalue weighted by Gasteiger charge is 2.24. The summed E-state index contributed by atoms with van der Waals surface area (Å²) in [5, 5.41) is 9.02. The maximum atomic E-state index is 9.02. The third kappa shape index (κ3) is 4.15. The molecule has 1 aliphatic rings. The molecule has 1 aromatic rings. The molecule has 21 heavy (non-hydrogen) atoms. The van der Waals surface area contributed by atoms with Crippen molar-refractivity contribution in [1.82, 2.24) is 4.90 Å². The van der Waals surface area contributed by atoms with Crippen LogP contribution in [0.2, 0.25) is 0 Å². The van der Waals surface area contributed by atoms with Gasteiger partial charge in [0.2, 0.25) is 0 Å².